The number of methoxy groups -OCH3 is 1. The number of rotatable bonds is 5. The molecule has 9 nitrogen and oxygen atoms in total. The van der Waals surface area contributed by atoms with Crippen LogP contribution in [0.2, 0.25) is 0 Å². The van der Waals surface area contributed by atoms with E-state index < -0.39 is 6.04 Å². The van der Waals surface area contributed by atoms with Crippen LogP contribution in [0.15, 0.2) is 98.6 Å². The number of allylic oxidation sites excluding steroid dienone is 1. The van der Waals surface area contributed by atoms with Crippen molar-refractivity contribution in [2.45, 2.75) is 13.0 Å². The smallest absolute Gasteiger partial charge is 0.328 e. The second-order valence-corrected chi connectivity index (χ2v) is 10.8. The minimum Gasteiger partial charge on any atom is -0.497 e. The van der Waals surface area contributed by atoms with Gasteiger partial charge in [0.15, 0.2) is 4.80 Å². The Morgan fingerprint density at radius 1 is 0.976 bits per heavy atom. The summed E-state index contributed by atoms with van der Waals surface area (Å²) in [5, 5.41) is 2.96. The molecule has 0 saturated carbocycles. The third-order valence-electron chi connectivity index (χ3n) is 7.32. The number of para-hydroxylation sites is 1. The number of fused-ring (bicyclic) bond motifs is 2. The number of aromatic nitrogens is 3. The van der Waals surface area contributed by atoms with Gasteiger partial charge >= 0.3 is 5.69 Å². The van der Waals surface area contributed by atoms with E-state index in [2.05, 4.69) is 5.32 Å². The van der Waals surface area contributed by atoms with Crippen molar-refractivity contribution in [2.24, 2.45) is 19.1 Å². The molecule has 206 valence electrons. The first-order chi connectivity index (χ1) is 19.8. The number of hydrogen-bond acceptors (Lipinski definition) is 6. The Morgan fingerprint density at radius 2 is 1.68 bits per heavy atom. The molecule has 2 aromatic heterocycles. The molecule has 1 amide bonds. The van der Waals surface area contributed by atoms with Gasteiger partial charge < -0.3 is 10.1 Å². The van der Waals surface area contributed by atoms with E-state index in [0.29, 0.717) is 32.0 Å². The normalized spacial score (nSPS) is 15.1. The first kappa shape index (κ1) is 26.3. The topological polar surface area (TPSA) is 99.6 Å². The Labute approximate surface area is 238 Å². The second-order valence-electron chi connectivity index (χ2n) is 9.82. The van der Waals surface area contributed by atoms with Gasteiger partial charge in [0, 0.05) is 19.8 Å². The Kier molecular flexibility index (Phi) is 6.55. The zero-order chi connectivity index (χ0) is 28.8. The summed E-state index contributed by atoms with van der Waals surface area (Å²) in [4.78, 5) is 45.3. The molecule has 5 aromatic rings. The highest BCUT2D eigenvalue weighted by molar-refractivity contribution is 7.07. The molecule has 10 heteroatoms. The predicted octanol–water partition coefficient (Wildman–Crippen LogP) is 3.07. The third kappa shape index (κ3) is 4.52. The van der Waals surface area contributed by atoms with E-state index in [-0.39, 0.29) is 17.2 Å². The zero-order valence-electron chi connectivity index (χ0n) is 22.9. The van der Waals surface area contributed by atoms with E-state index in [1.807, 2.05) is 72.8 Å². The number of anilines is 1. The molecule has 41 heavy (non-hydrogen) atoms. The van der Waals surface area contributed by atoms with Crippen LogP contribution in [0.25, 0.3) is 17.1 Å². The molecular formula is C31H27N5O4S. The van der Waals surface area contributed by atoms with Crippen molar-refractivity contribution in [3.8, 4) is 5.75 Å². The number of hydrogen-bond donors (Lipinski definition) is 1. The van der Waals surface area contributed by atoms with Gasteiger partial charge in [-0.25, -0.2) is 9.79 Å². The van der Waals surface area contributed by atoms with Crippen LogP contribution in [0.1, 0.15) is 24.1 Å². The maximum Gasteiger partial charge on any atom is 0.328 e. The van der Waals surface area contributed by atoms with Gasteiger partial charge in [-0.1, -0.05) is 47.7 Å². The van der Waals surface area contributed by atoms with E-state index in [9.17, 15) is 14.4 Å². The van der Waals surface area contributed by atoms with E-state index in [4.69, 9.17) is 9.73 Å². The van der Waals surface area contributed by atoms with Crippen molar-refractivity contribution in [1.82, 2.24) is 13.7 Å². The Hall–Kier alpha value is -4.96. The minimum atomic E-state index is -0.694. The SMILES string of the molecule is COc1ccc([C@H]2C(C(=O)Nc3ccccc3)=C(C)N=c3s/c(=C/c4ccc5c(c4)n(C)c(=O)n5C)c(=O)n32)cc1. The number of imidazole rings is 1. The highest BCUT2D eigenvalue weighted by Crippen LogP contribution is 2.31. The standard InChI is InChI=1S/C31H27N5O4S/c1-18-26(28(37)33-21-8-6-5-7-9-21)27(20-11-13-22(40-4)14-12-20)36-29(38)25(41-30(36)32-18)17-19-10-15-23-24(16-19)35(3)31(39)34(23)2/h5-17,27H,1-4H3,(H,33,37)/b25-17+/t27-/m0/s1. The molecular weight excluding hydrogens is 538 g/mol. The lowest BCUT2D eigenvalue weighted by Gasteiger charge is -2.25. The summed E-state index contributed by atoms with van der Waals surface area (Å²) in [6.45, 7) is 1.79. The number of carbonyl (C=O) groups is 1. The molecule has 0 fully saturated rings. The fourth-order valence-electron chi connectivity index (χ4n) is 5.20. The molecule has 1 atom stereocenters. The van der Waals surface area contributed by atoms with Crippen LogP contribution in [0.5, 0.6) is 5.75 Å². The van der Waals surface area contributed by atoms with Gasteiger partial charge in [-0.3, -0.25) is 23.3 Å². The summed E-state index contributed by atoms with van der Waals surface area (Å²) in [6, 6.07) is 21.5. The first-order valence-corrected chi connectivity index (χ1v) is 13.8. The number of nitrogens with one attached hydrogen (secondary N) is 1. The van der Waals surface area contributed by atoms with Crippen molar-refractivity contribution in [3.63, 3.8) is 0 Å². The summed E-state index contributed by atoms with van der Waals surface area (Å²) in [5.74, 6) is 0.339. The van der Waals surface area contributed by atoms with Crippen molar-refractivity contribution >= 4 is 40.0 Å². The summed E-state index contributed by atoms with van der Waals surface area (Å²) < 4.78 is 10.6. The van der Waals surface area contributed by atoms with E-state index in [1.165, 1.54) is 11.3 Å². The number of amides is 1. The minimum absolute atomic E-state index is 0.118. The molecule has 3 heterocycles. The van der Waals surface area contributed by atoms with Crippen LogP contribution in [0.4, 0.5) is 5.69 Å². The first-order valence-electron chi connectivity index (χ1n) is 12.9. The Morgan fingerprint density at radius 3 is 2.39 bits per heavy atom. The monoisotopic (exact) mass is 565 g/mol. The number of benzene rings is 3. The summed E-state index contributed by atoms with van der Waals surface area (Å²) in [7, 11) is 5.04. The maximum absolute atomic E-state index is 14.0. The molecule has 0 bridgehead atoms. The average molecular weight is 566 g/mol. The molecule has 1 N–H and O–H groups in total. The quantitative estimate of drug-likeness (QED) is 0.354. The van der Waals surface area contributed by atoms with Crippen LogP contribution in [0, 0.1) is 0 Å². The van der Waals surface area contributed by atoms with E-state index in [1.54, 1.807) is 47.9 Å². The van der Waals surface area contributed by atoms with Gasteiger partial charge in [-0.05, 0) is 60.5 Å². The highest BCUT2D eigenvalue weighted by Gasteiger charge is 2.32. The fraction of sp³-hybridized carbons (Fsp3) is 0.161. The number of nitrogens with zero attached hydrogens (tertiary/aromatic N) is 4. The zero-order valence-corrected chi connectivity index (χ0v) is 23.7. The number of ether oxygens (including phenoxy) is 1. The number of carbonyl (C=O) groups excluding carboxylic acids is 1. The van der Waals surface area contributed by atoms with Crippen LogP contribution < -0.4 is 30.6 Å². The van der Waals surface area contributed by atoms with Crippen molar-refractivity contribution in [3.05, 3.63) is 125 Å². The van der Waals surface area contributed by atoms with Crippen molar-refractivity contribution in [2.75, 3.05) is 12.4 Å². The molecule has 1 aliphatic heterocycles. The van der Waals surface area contributed by atoms with Gasteiger partial charge in [0.1, 0.15) is 5.75 Å². The van der Waals surface area contributed by atoms with Crippen molar-refractivity contribution < 1.29 is 9.53 Å². The van der Waals surface area contributed by atoms with Crippen LogP contribution in [0.3, 0.4) is 0 Å². The fourth-order valence-corrected chi connectivity index (χ4v) is 6.24. The van der Waals surface area contributed by atoms with Crippen LogP contribution in [-0.2, 0) is 18.9 Å². The third-order valence-corrected chi connectivity index (χ3v) is 8.31. The number of aryl methyl sites for hydroxylation is 2. The molecule has 0 unspecified atom stereocenters. The average Bonchev–Trinajstić information content (AvgIpc) is 3.40. The van der Waals surface area contributed by atoms with Crippen molar-refractivity contribution in [1.29, 1.82) is 0 Å². The van der Waals surface area contributed by atoms with Gasteiger partial charge in [-0.15, -0.1) is 0 Å². The molecule has 0 saturated heterocycles. The van der Waals surface area contributed by atoms with Gasteiger partial charge in [-0.2, -0.15) is 0 Å². The van der Waals surface area contributed by atoms with Gasteiger partial charge in [0.05, 0.1) is 40.0 Å². The molecule has 0 radical (unpaired) electrons. The summed E-state index contributed by atoms with van der Waals surface area (Å²) in [6.07, 6.45) is 1.80. The number of thiazole rings is 1. The highest BCUT2D eigenvalue weighted by atomic mass is 32.1. The molecule has 0 aliphatic carbocycles. The van der Waals surface area contributed by atoms with Crippen LogP contribution >= 0.6 is 11.3 Å². The molecule has 6 rings (SSSR count). The maximum atomic E-state index is 14.0. The van der Waals surface area contributed by atoms with Gasteiger partial charge in [0.2, 0.25) is 0 Å². The lowest BCUT2D eigenvalue weighted by Crippen LogP contribution is -2.40. The lowest BCUT2D eigenvalue weighted by molar-refractivity contribution is -0.113. The Bertz CT molecular complexity index is 2100. The predicted molar refractivity (Wildman–Crippen MR) is 160 cm³/mol. The molecule has 3 aromatic carbocycles. The summed E-state index contributed by atoms with van der Waals surface area (Å²) >= 11 is 1.27. The van der Waals surface area contributed by atoms with E-state index in [0.717, 1.165) is 22.2 Å². The lowest BCUT2D eigenvalue weighted by atomic mass is 9.95. The van der Waals surface area contributed by atoms with Crippen LogP contribution in [-0.4, -0.2) is 26.7 Å². The molecule has 0 spiro atoms. The van der Waals surface area contributed by atoms with Gasteiger partial charge in [0.25, 0.3) is 11.5 Å². The van der Waals surface area contributed by atoms with E-state index >= 15 is 0 Å². The second kappa shape index (κ2) is 10.2. The molecule has 1 aliphatic rings. The largest absolute Gasteiger partial charge is 0.497 e. The Balaban J connectivity index is 1.51. The summed E-state index contributed by atoms with van der Waals surface area (Å²) in [5.41, 5.74) is 4.31.